The van der Waals surface area contributed by atoms with Crippen molar-refractivity contribution in [1.82, 2.24) is 4.90 Å². The highest BCUT2D eigenvalue weighted by molar-refractivity contribution is 6.39. The number of amides is 2. The molecule has 148 valence electrons. The van der Waals surface area contributed by atoms with Gasteiger partial charge in [0.1, 0.15) is 5.75 Å². The second-order valence-electron chi connectivity index (χ2n) is 8.00. The predicted molar refractivity (Wildman–Crippen MR) is 104 cm³/mol. The van der Waals surface area contributed by atoms with Crippen molar-refractivity contribution >= 4 is 29.1 Å². The van der Waals surface area contributed by atoms with Crippen LogP contribution in [0.2, 0.25) is 5.02 Å². The minimum absolute atomic E-state index is 0.119. The normalized spacial score (nSPS) is 22.5. The minimum Gasteiger partial charge on any atom is -0.489 e. The molecule has 1 aliphatic heterocycles. The van der Waals surface area contributed by atoms with Gasteiger partial charge in [-0.15, -0.1) is 0 Å². The van der Waals surface area contributed by atoms with Crippen LogP contribution in [-0.2, 0) is 14.3 Å². The molecule has 2 fully saturated rings. The van der Waals surface area contributed by atoms with E-state index in [2.05, 4.69) is 5.32 Å². The smallest absolute Gasteiger partial charge is 0.313 e. The summed E-state index contributed by atoms with van der Waals surface area (Å²) in [7, 11) is 0. The van der Waals surface area contributed by atoms with Gasteiger partial charge in [0.15, 0.2) is 0 Å². The first-order valence-corrected chi connectivity index (χ1v) is 9.85. The van der Waals surface area contributed by atoms with Crippen molar-refractivity contribution in [2.45, 2.75) is 64.3 Å². The van der Waals surface area contributed by atoms with E-state index >= 15 is 0 Å². The number of morpholine rings is 1. The fourth-order valence-electron chi connectivity index (χ4n) is 3.80. The maximum absolute atomic E-state index is 12.5. The molecule has 3 rings (SSSR count). The minimum atomic E-state index is -0.680. The molecule has 1 saturated carbocycles. The third kappa shape index (κ3) is 5.14. The maximum atomic E-state index is 12.5. The van der Waals surface area contributed by atoms with Gasteiger partial charge in [-0.25, -0.2) is 0 Å². The molecule has 2 amide bonds. The lowest BCUT2D eigenvalue weighted by molar-refractivity contribution is -0.161. The van der Waals surface area contributed by atoms with Gasteiger partial charge in [-0.05, 0) is 64.7 Å². The summed E-state index contributed by atoms with van der Waals surface area (Å²) >= 11 is 6.29. The van der Waals surface area contributed by atoms with Gasteiger partial charge in [-0.2, -0.15) is 0 Å². The molecule has 1 heterocycles. The molecule has 1 atom stereocenters. The van der Waals surface area contributed by atoms with Crippen LogP contribution in [0.4, 0.5) is 5.69 Å². The Bertz CT molecular complexity index is 716. The molecule has 0 spiro atoms. The van der Waals surface area contributed by atoms with Crippen molar-refractivity contribution in [2.24, 2.45) is 0 Å². The third-order valence-corrected chi connectivity index (χ3v) is 5.13. The summed E-state index contributed by atoms with van der Waals surface area (Å²) in [5.41, 5.74) is -0.00597. The summed E-state index contributed by atoms with van der Waals surface area (Å²) in [5.74, 6) is -0.641. The Morgan fingerprint density at radius 3 is 2.63 bits per heavy atom. The van der Waals surface area contributed by atoms with E-state index in [4.69, 9.17) is 21.1 Å². The summed E-state index contributed by atoms with van der Waals surface area (Å²) in [5, 5.41) is 3.06. The number of ether oxygens (including phenoxy) is 2. The second-order valence-corrected chi connectivity index (χ2v) is 8.40. The summed E-state index contributed by atoms with van der Waals surface area (Å²) < 4.78 is 11.7. The van der Waals surface area contributed by atoms with E-state index in [0.29, 0.717) is 29.5 Å². The average Bonchev–Trinajstić information content (AvgIpc) is 3.08. The highest BCUT2D eigenvalue weighted by Gasteiger charge is 2.35. The molecule has 1 aromatic carbocycles. The highest BCUT2D eigenvalue weighted by atomic mass is 35.5. The lowest BCUT2D eigenvalue weighted by atomic mass is 10.1. The van der Waals surface area contributed by atoms with E-state index in [-0.39, 0.29) is 12.2 Å². The topological polar surface area (TPSA) is 67.9 Å². The second kappa shape index (κ2) is 8.07. The fourth-order valence-corrected chi connectivity index (χ4v) is 4.02. The standard InChI is InChI=1S/C20H27ClN2O4/c1-13-11-23(12-20(2,3)27-13)19(25)18(24)22-14-8-9-17(16(21)10-14)26-15-6-4-5-7-15/h8-10,13,15H,4-7,11-12H2,1-3H3,(H,22,24). The Balaban J connectivity index is 1.61. The van der Waals surface area contributed by atoms with Crippen molar-refractivity contribution in [1.29, 1.82) is 0 Å². The number of hydrogen-bond acceptors (Lipinski definition) is 4. The summed E-state index contributed by atoms with van der Waals surface area (Å²) in [6, 6.07) is 5.05. The monoisotopic (exact) mass is 394 g/mol. The Morgan fingerprint density at radius 2 is 2.00 bits per heavy atom. The van der Waals surface area contributed by atoms with Crippen LogP contribution in [0.3, 0.4) is 0 Å². The molecule has 0 aromatic heterocycles. The van der Waals surface area contributed by atoms with Gasteiger partial charge in [0.25, 0.3) is 0 Å². The van der Waals surface area contributed by atoms with Crippen LogP contribution in [-0.4, -0.2) is 47.6 Å². The van der Waals surface area contributed by atoms with Gasteiger partial charge in [0, 0.05) is 18.8 Å². The van der Waals surface area contributed by atoms with Crippen molar-refractivity contribution < 1.29 is 19.1 Å². The summed E-state index contributed by atoms with van der Waals surface area (Å²) in [6.45, 7) is 6.47. The van der Waals surface area contributed by atoms with Gasteiger partial charge in [-0.1, -0.05) is 11.6 Å². The fraction of sp³-hybridized carbons (Fsp3) is 0.600. The number of carbonyl (C=O) groups excluding carboxylic acids is 2. The van der Waals surface area contributed by atoms with Gasteiger partial charge < -0.3 is 19.7 Å². The Morgan fingerprint density at radius 1 is 1.30 bits per heavy atom. The number of nitrogens with zero attached hydrogens (tertiary/aromatic N) is 1. The van der Waals surface area contributed by atoms with Crippen molar-refractivity contribution in [2.75, 3.05) is 18.4 Å². The van der Waals surface area contributed by atoms with Gasteiger partial charge >= 0.3 is 11.8 Å². The van der Waals surface area contributed by atoms with Crippen LogP contribution in [0.1, 0.15) is 46.5 Å². The predicted octanol–water partition coefficient (Wildman–Crippen LogP) is 3.63. The Labute approximate surface area is 165 Å². The molecule has 0 radical (unpaired) electrons. The zero-order chi connectivity index (χ0) is 19.6. The molecule has 1 saturated heterocycles. The highest BCUT2D eigenvalue weighted by Crippen LogP contribution is 2.32. The van der Waals surface area contributed by atoms with Crippen LogP contribution in [0, 0.1) is 0 Å². The number of rotatable bonds is 3. The maximum Gasteiger partial charge on any atom is 0.313 e. The zero-order valence-electron chi connectivity index (χ0n) is 16.1. The lowest BCUT2D eigenvalue weighted by Crippen LogP contribution is -2.56. The number of anilines is 1. The molecular formula is C20H27ClN2O4. The van der Waals surface area contributed by atoms with E-state index in [9.17, 15) is 9.59 Å². The van der Waals surface area contributed by atoms with Gasteiger partial charge in [-0.3, -0.25) is 9.59 Å². The molecular weight excluding hydrogens is 368 g/mol. The average molecular weight is 395 g/mol. The lowest BCUT2D eigenvalue weighted by Gasteiger charge is -2.41. The molecule has 6 nitrogen and oxygen atoms in total. The molecule has 1 N–H and O–H groups in total. The van der Waals surface area contributed by atoms with Crippen LogP contribution >= 0.6 is 11.6 Å². The Hall–Kier alpha value is -1.79. The number of nitrogens with one attached hydrogen (secondary N) is 1. The Kier molecular flexibility index (Phi) is 5.96. The number of benzene rings is 1. The van der Waals surface area contributed by atoms with E-state index in [1.807, 2.05) is 20.8 Å². The summed E-state index contributed by atoms with van der Waals surface area (Å²) in [4.78, 5) is 26.4. The molecule has 2 aliphatic rings. The quantitative estimate of drug-likeness (QED) is 0.795. The van der Waals surface area contributed by atoms with Gasteiger partial charge in [0.2, 0.25) is 0 Å². The molecule has 27 heavy (non-hydrogen) atoms. The van der Waals surface area contributed by atoms with Crippen LogP contribution in [0.25, 0.3) is 0 Å². The molecule has 1 aromatic rings. The third-order valence-electron chi connectivity index (χ3n) is 4.84. The number of hydrogen-bond donors (Lipinski definition) is 1. The van der Waals surface area contributed by atoms with E-state index in [0.717, 1.165) is 12.8 Å². The molecule has 7 heteroatoms. The number of carbonyl (C=O) groups is 2. The number of halogens is 1. The zero-order valence-corrected chi connectivity index (χ0v) is 16.8. The molecule has 1 unspecified atom stereocenters. The van der Waals surface area contributed by atoms with Crippen LogP contribution in [0.5, 0.6) is 5.75 Å². The van der Waals surface area contributed by atoms with Crippen LogP contribution in [0.15, 0.2) is 18.2 Å². The van der Waals surface area contributed by atoms with Crippen molar-refractivity contribution in [3.63, 3.8) is 0 Å². The van der Waals surface area contributed by atoms with Gasteiger partial charge in [0.05, 0.1) is 22.8 Å². The largest absolute Gasteiger partial charge is 0.489 e. The van der Waals surface area contributed by atoms with E-state index in [1.54, 1.807) is 18.2 Å². The molecule has 1 aliphatic carbocycles. The van der Waals surface area contributed by atoms with E-state index in [1.165, 1.54) is 17.7 Å². The SMILES string of the molecule is CC1CN(C(=O)C(=O)Nc2ccc(OC3CCCC3)c(Cl)c2)CC(C)(C)O1. The van der Waals surface area contributed by atoms with Crippen LogP contribution < -0.4 is 10.1 Å². The molecule has 0 bridgehead atoms. The first kappa shape index (κ1) is 20.0. The first-order valence-electron chi connectivity index (χ1n) is 9.48. The summed E-state index contributed by atoms with van der Waals surface area (Å²) in [6.07, 6.45) is 4.52. The van der Waals surface area contributed by atoms with E-state index < -0.39 is 17.4 Å². The first-order chi connectivity index (χ1) is 12.7. The van der Waals surface area contributed by atoms with Crippen molar-refractivity contribution in [3.05, 3.63) is 23.2 Å². The van der Waals surface area contributed by atoms with Crippen molar-refractivity contribution in [3.8, 4) is 5.75 Å².